The lowest BCUT2D eigenvalue weighted by Crippen LogP contribution is -2.15. The van der Waals surface area contributed by atoms with E-state index in [4.69, 9.17) is 9.47 Å². The average molecular weight is 318 g/mol. The van der Waals surface area contributed by atoms with Crippen LogP contribution in [0.3, 0.4) is 0 Å². The Labute approximate surface area is 141 Å². The van der Waals surface area contributed by atoms with Gasteiger partial charge in [-0.2, -0.15) is 0 Å². The van der Waals surface area contributed by atoms with E-state index in [9.17, 15) is 0 Å². The minimum absolute atomic E-state index is 0.604. The van der Waals surface area contributed by atoms with Crippen molar-refractivity contribution in [2.45, 2.75) is 6.54 Å². The van der Waals surface area contributed by atoms with E-state index < -0.39 is 0 Å². The largest absolute Gasteiger partial charge is 0.486 e. The number of nitrogens with zero attached hydrogens (tertiary/aromatic N) is 1. The summed E-state index contributed by atoms with van der Waals surface area (Å²) in [4.78, 5) is 4.49. The highest BCUT2D eigenvalue weighted by Crippen LogP contribution is 2.31. The number of nitrogens with one attached hydrogen (secondary N) is 1. The molecule has 4 heteroatoms. The zero-order valence-corrected chi connectivity index (χ0v) is 13.2. The number of fused-ring (bicyclic) bond motifs is 1. The third kappa shape index (κ3) is 3.18. The molecule has 1 aliphatic heterocycles. The summed E-state index contributed by atoms with van der Waals surface area (Å²) in [6.45, 7) is 1.91. The lowest BCUT2D eigenvalue weighted by Gasteiger charge is -2.19. The maximum atomic E-state index is 5.61. The van der Waals surface area contributed by atoms with Crippen molar-refractivity contribution in [1.29, 1.82) is 0 Å². The monoisotopic (exact) mass is 318 g/mol. The predicted molar refractivity (Wildman–Crippen MR) is 94.4 cm³/mol. The topological polar surface area (TPSA) is 43.4 Å². The van der Waals surface area contributed by atoms with Gasteiger partial charge >= 0.3 is 0 Å². The molecule has 1 aliphatic rings. The summed E-state index contributed by atoms with van der Waals surface area (Å²) in [6, 6.07) is 20.3. The van der Waals surface area contributed by atoms with E-state index in [0.29, 0.717) is 19.8 Å². The molecular formula is C20H18N2O2. The first kappa shape index (κ1) is 14.6. The minimum Gasteiger partial charge on any atom is -0.486 e. The summed E-state index contributed by atoms with van der Waals surface area (Å²) in [7, 11) is 0. The number of ether oxygens (including phenoxy) is 2. The predicted octanol–water partition coefficient (Wildman–Crippen LogP) is 4.13. The summed E-state index contributed by atoms with van der Waals surface area (Å²) in [5.74, 6) is 2.48. The maximum Gasteiger partial charge on any atom is 0.161 e. The second kappa shape index (κ2) is 6.62. The van der Waals surface area contributed by atoms with E-state index in [2.05, 4.69) is 28.5 Å². The van der Waals surface area contributed by atoms with Crippen LogP contribution in [0.2, 0.25) is 0 Å². The Bertz CT molecular complexity index is 817. The SMILES string of the molecule is c1ccc(-c2ccc(NCc3ccc4c(c3)OCCO4)nc2)cc1. The summed E-state index contributed by atoms with van der Waals surface area (Å²) in [5, 5.41) is 3.34. The van der Waals surface area contributed by atoms with Gasteiger partial charge < -0.3 is 14.8 Å². The molecule has 0 unspecified atom stereocenters. The highest BCUT2D eigenvalue weighted by Gasteiger charge is 2.11. The van der Waals surface area contributed by atoms with E-state index in [1.807, 2.05) is 48.7 Å². The first-order valence-corrected chi connectivity index (χ1v) is 8.02. The van der Waals surface area contributed by atoms with E-state index in [-0.39, 0.29) is 0 Å². The van der Waals surface area contributed by atoms with Gasteiger partial charge in [0.15, 0.2) is 11.5 Å². The standard InChI is InChI=1S/C20H18N2O2/c1-2-4-16(5-3-1)17-7-9-20(22-14-17)21-13-15-6-8-18-19(12-15)24-11-10-23-18/h1-9,12,14H,10-11,13H2,(H,21,22). The van der Waals surface area contributed by atoms with Crippen LogP contribution in [0.4, 0.5) is 5.82 Å². The Morgan fingerprint density at radius 2 is 1.67 bits per heavy atom. The van der Waals surface area contributed by atoms with Crippen molar-refractivity contribution in [3.8, 4) is 22.6 Å². The zero-order chi connectivity index (χ0) is 16.2. The molecule has 0 aliphatic carbocycles. The van der Waals surface area contributed by atoms with Gasteiger partial charge in [-0.1, -0.05) is 36.4 Å². The van der Waals surface area contributed by atoms with Crippen LogP contribution in [0.15, 0.2) is 66.9 Å². The number of anilines is 1. The number of benzene rings is 2. The highest BCUT2D eigenvalue weighted by molar-refractivity contribution is 5.63. The molecular weight excluding hydrogens is 300 g/mol. The van der Waals surface area contributed by atoms with Gasteiger partial charge in [-0.3, -0.25) is 0 Å². The molecule has 1 aromatic heterocycles. The van der Waals surface area contributed by atoms with Gasteiger partial charge in [-0.15, -0.1) is 0 Å². The number of pyridine rings is 1. The van der Waals surface area contributed by atoms with Crippen LogP contribution >= 0.6 is 0 Å². The fraction of sp³-hybridized carbons (Fsp3) is 0.150. The molecule has 24 heavy (non-hydrogen) atoms. The van der Waals surface area contributed by atoms with Crippen LogP contribution in [0, 0.1) is 0 Å². The van der Waals surface area contributed by atoms with E-state index in [1.165, 1.54) is 5.56 Å². The number of aromatic nitrogens is 1. The Morgan fingerprint density at radius 3 is 2.46 bits per heavy atom. The van der Waals surface area contributed by atoms with E-state index in [0.717, 1.165) is 28.4 Å². The van der Waals surface area contributed by atoms with Gasteiger partial charge in [0.25, 0.3) is 0 Å². The van der Waals surface area contributed by atoms with Gasteiger partial charge in [-0.05, 0) is 35.4 Å². The molecule has 2 aromatic carbocycles. The van der Waals surface area contributed by atoms with Gasteiger partial charge in [0.2, 0.25) is 0 Å². The summed E-state index contributed by atoms with van der Waals surface area (Å²) >= 11 is 0. The molecule has 120 valence electrons. The molecule has 0 saturated heterocycles. The molecule has 0 bridgehead atoms. The molecule has 4 nitrogen and oxygen atoms in total. The maximum absolute atomic E-state index is 5.61. The number of hydrogen-bond acceptors (Lipinski definition) is 4. The number of hydrogen-bond donors (Lipinski definition) is 1. The van der Waals surface area contributed by atoms with Crippen LogP contribution < -0.4 is 14.8 Å². The van der Waals surface area contributed by atoms with Crippen molar-refractivity contribution in [3.63, 3.8) is 0 Å². The van der Waals surface area contributed by atoms with Gasteiger partial charge in [0, 0.05) is 18.3 Å². The Morgan fingerprint density at radius 1 is 0.833 bits per heavy atom. The third-order valence-electron chi connectivity index (χ3n) is 3.95. The van der Waals surface area contributed by atoms with Crippen LogP contribution in [0.1, 0.15) is 5.56 Å². The Balaban J connectivity index is 1.43. The van der Waals surface area contributed by atoms with Crippen LogP contribution in [0.25, 0.3) is 11.1 Å². The molecule has 0 amide bonds. The second-order valence-corrected chi connectivity index (χ2v) is 5.63. The van der Waals surface area contributed by atoms with Crippen molar-refractivity contribution < 1.29 is 9.47 Å². The first-order chi connectivity index (χ1) is 11.9. The van der Waals surface area contributed by atoms with Crippen molar-refractivity contribution in [3.05, 3.63) is 72.4 Å². The lowest BCUT2D eigenvalue weighted by atomic mass is 10.1. The van der Waals surface area contributed by atoms with Crippen molar-refractivity contribution in [1.82, 2.24) is 4.98 Å². The van der Waals surface area contributed by atoms with E-state index in [1.54, 1.807) is 0 Å². The molecule has 0 fully saturated rings. The van der Waals surface area contributed by atoms with Crippen LogP contribution in [0.5, 0.6) is 11.5 Å². The molecule has 4 rings (SSSR count). The average Bonchev–Trinajstić information content (AvgIpc) is 2.67. The lowest BCUT2D eigenvalue weighted by molar-refractivity contribution is 0.171. The molecule has 2 heterocycles. The summed E-state index contributed by atoms with van der Waals surface area (Å²) in [5.41, 5.74) is 3.41. The smallest absolute Gasteiger partial charge is 0.161 e. The minimum atomic E-state index is 0.604. The zero-order valence-electron chi connectivity index (χ0n) is 13.2. The van der Waals surface area contributed by atoms with Gasteiger partial charge in [0.05, 0.1) is 0 Å². The Kier molecular flexibility index (Phi) is 4.02. The molecule has 0 atom stereocenters. The molecule has 0 radical (unpaired) electrons. The normalized spacial score (nSPS) is 12.7. The van der Waals surface area contributed by atoms with Crippen LogP contribution in [-0.4, -0.2) is 18.2 Å². The molecule has 0 saturated carbocycles. The second-order valence-electron chi connectivity index (χ2n) is 5.63. The molecule has 0 spiro atoms. The van der Waals surface area contributed by atoms with Crippen molar-refractivity contribution in [2.24, 2.45) is 0 Å². The molecule has 3 aromatic rings. The summed E-state index contributed by atoms with van der Waals surface area (Å²) in [6.07, 6.45) is 1.89. The number of rotatable bonds is 4. The summed E-state index contributed by atoms with van der Waals surface area (Å²) < 4.78 is 11.2. The highest BCUT2D eigenvalue weighted by atomic mass is 16.6. The fourth-order valence-electron chi connectivity index (χ4n) is 2.69. The Hall–Kier alpha value is -3.01. The van der Waals surface area contributed by atoms with E-state index >= 15 is 0 Å². The van der Waals surface area contributed by atoms with Crippen LogP contribution in [-0.2, 0) is 6.54 Å². The fourth-order valence-corrected chi connectivity index (χ4v) is 2.69. The van der Waals surface area contributed by atoms with Gasteiger partial charge in [-0.25, -0.2) is 4.98 Å². The van der Waals surface area contributed by atoms with Crippen molar-refractivity contribution >= 4 is 5.82 Å². The van der Waals surface area contributed by atoms with Gasteiger partial charge in [0.1, 0.15) is 19.0 Å². The third-order valence-corrected chi connectivity index (χ3v) is 3.95. The first-order valence-electron chi connectivity index (χ1n) is 8.02. The quantitative estimate of drug-likeness (QED) is 0.785. The van der Waals surface area contributed by atoms with Crippen molar-refractivity contribution in [2.75, 3.05) is 18.5 Å². The molecule has 1 N–H and O–H groups in total.